The van der Waals surface area contributed by atoms with E-state index in [0.29, 0.717) is 11.3 Å². The number of thiophene rings is 1. The molecule has 1 N–H and O–H groups in total. The van der Waals surface area contributed by atoms with E-state index in [0.717, 1.165) is 11.8 Å². The molecule has 0 aliphatic rings. The predicted molar refractivity (Wildman–Crippen MR) is 51.0 cm³/mol. The lowest BCUT2D eigenvalue weighted by atomic mass is 10.2. The van der Waals surface area contributed by atoms with Crippen LogP contribution in [0.2, 0.25) is 0 Å². The van der Waals surface area contributed by atoms with Crippen molar-refractivity contribution in [2.45, 2.75) is 6.42 Å². The Kier molecular flexibility index (Phi) is 3.40. The molecule has 0 fully saturated rings. The molecule has 1 aromatic rings. The van der Waals surface area contributed by atoms with Crippen molar-refractivity contribution in [2.75, 3.05) is 0 Å². The van der Waals surface area contributed by atoms with Crippen LogP contribution in [0.15, 0.2) is 17.5 Å². The quantitative estimate of drug-likeness (QED) is 0.750. The molecule has 1 aromatic heterocycles. The van der Waals surface area contributed by atoms with E-state index in [9.17, 15) is 9.59 Å². The van der Waals surface area contributed by atoms with Gasteiger partial charge in [-0.1, -0.05) is 12.2 Å². The first-order valence-corrected chi connectivity index (χ1v) is 4.54. The number of carbonyl (C=O) groups is 2. The van der Waals surface area contributed by atoms with Crippen LogP contribution in [0.1, 0.15) is 21.7 Å². The minimum atomic E-state index is -0.917. The minimum Gasteiger partial charge on any atom is -0.477 e. The summed E-state index contributed by atoms with van der Waals surface area (Å²) in [5, 5.41) is 10.3. The zero-order valence-corrected chi connectivity index (χ0v) is 7.58. The largest absolute Gasteiger partial charge is 0.477 e. The van der Waals surface area contributed by atoms with E-state index in [-0.39, 0.29) is 0 Å². The highest BCUT2D eigenvalue weighted by Gasteiger charge is 2.04. The van der Waals surface area contributed by atoms with Gasteiger partial charge in [-0.2, -0.15) is 0 Å². The van der Waals surface area contributed by atoms with Crippen LogP contribution >= 0.6 is 11.3 Å². The zero-order chi connectivity index (χ0) is 9.68. The molecule has 0 atom stereocenters. The van der Waals surface area contributed by atoms with Crippen LogP contribution in [0, 0.1) is 0 Å². The predicted octanol–water partition coefficient (Wildman–Crippen LogP) is 2.05. The standard InChI is InChI=1S/C9H8O3S/c10-4-2-1-3-7-5-8(9(11)12)13-6-7/h1,3-6H,2H2,(H,11,12). The molecular weight excluding hydrogens is 188 g/mol. The first-order valence-electron chi connectivity index (χ1n) is 3.66. The van der Waals surface area contributed by atoms with E-state index in [1.54, 1.807) is 23.6 Å². The van der Waals surface area contributed by atoms with Gasteiger partial charge in [0.25, 0.3) is 0 Å². The number of rotatable bonds is 4. The van der Waals surface area contributed by atoms with Gasteiger partial charge in [0.1, 0.15) is 11.2 Å². The van der Waals surface area contributed by atoms with Crippen molar-refractivity contribution in [1.82, 2.24) is 0 Å². The van der Waals surface area contributed by atoms with Crippen molar-refractivity contribution in [3.8, 4) is 0 Å². The zero-order valence-electron chi connectivity index (χ0n) is 6.77. The highest BCUT2D eigenvalue weighted by Crippen LogP contribution is 2.15. The molecule has 4 heteroatoms. The Bertz CT molecular complexity index is 338. The Morgan fingerprint density at radius 3 is 2.92 bits per heavy atom. The summed E-state index contributed by atoms with van der Waals surface area (Å²) in [6.07, 6.45) is 4.58. The maximum absolute atomic E-state index is 10.5. The van der Waals surface area contributed by atoms with E-state index >= 15 is 0 Å². The minimum absolute atomic E-state index is 0.311. The van der Waals surface area contributed by atoms with E-state index in [2.05, 4.69) is 0 Å². The first kappa shape index (κ1) is 9.67. The molecule has 0 aliphatic heterocycles. The summed E-state index contributed by atoms with van der Waals surface area (Å²) >= 11 is 1.18. The van der Waals surface area contributed by atoms with E-state index in [1.807, 2.05) is 0 Å². The van der Waals surface area contributed by atoms with Crippen molar-refractivity contribution in [2.24, 2.45) is 0 Å². The van der Waals surface area contributed by atoms with Gasteiger partial charge in [-0.15, -0.1) is 11.3 Å². The number of aromatic carboxylic acids is 1. The SMILES string of the molecule is O=CCC=Cc1csc(C(=O)O)c1. The summed E-state index contributed by atoms with van der Waals surface area (Å²) in [6.45, 7) is 0. The van der Waals surface area contributed by atoms with Gasteiger partial charge in [0.15, 0.2) is 0 Å². The molecular formula is C9H8O3S. The number of carboxylic acid groups (broad SMARTS) is 1. The van der Waals surface area contributed by atoms with Gasteiger partial charge in [0, 0.05) is 6.42 Å². The normalized spacial score (nSPS) is 10.5. The molecule has 3 nitrogen and oxygen atoms in total. The highest BCUT2D eigenvalue weighted by atomic mass is 32.1. The van der Waals surface area contributed by atoms with E-state index in [1.165, 1.54) is 11.3 Å². The van der Waals surface area contributed by atoms with Crippen LogP contribution in [0.3, 0.4) is 0 Å². The van der Waals surface area contributed by atoms with Gasteiger partial charge in [-0.3, -0.25) is 0 Å². The fourth-order valence-corrected chi connectivity index (χ4v) is 1.52. The van der Waals surface area contributed by atoms with Crippen LogP contribution in [-0.2, 0) is 4.79 Å². The van der Waals surface area contributed by atoms with Gasteiger partial charge in [-0.05, 0) is 17.0 Å². The van der Waals surface area contributed by atoms with Crippen LogP contribution in [0.25, 0.3) is 6.08 Å². The lowest BCUT2D eigenvalue weighted by Gasteiger charge is -1.82. The lowest BCUT2D eigenvalue weighted by Crippen LogP contribution is -1.89. The van der Waals surface area contributed by atoms with E-state index in [4.69, 9.17) is 5.11 Å². The average molecular weight is 196 g/mol. The maximum Gasteiger partial charge on any atom is 0.345 e. The molecule has 0 amide bonds. The molecule has 0 saturated heterocycles. The maximum atomic E-state index is 10.5. The smallest absolute Gasteiger partial charge is 0.345 e. The molecule has 0 unspecified atom stereocenters. The van der Waals surface area contributed by atoms with Crippen molar-refractivity contribution < 1.29 is 14.7 Å². The van der Waals surface area contributed by atoms with Gasteiger partial charge >= 0.3 is 5.97 Å². The summed E-state index contributed by atoms with van der Waals surface area (Å²) in [4.78, 5) is 20.8. The number of hydrogen-bond donors (Lipinski definition) is 1. The van der Waals surface area contributed by atoms with Gasteiger partial charge < -0.3 is 9.90 Å². The number of hydrogen-bond acceptors (Lipinski definition) is 3. The fraction of sp³-hybridized carbons (Fsp3) is 0.111. The Hall–Kier alpha value is -1.42. The first-order chi connectivity index (χ1) is 6.24. The van der Waals surface area contributed by atoms with Crippen LogP contribution < -0.4 is 0 Å². The van der Waals surface area contributed by atoms with Crippen molar-refractivity contribution in [1.29, 1.82) is 0 Å². The molecule has 0 spiro atoms. The Morgan fingerprint density at radius 2 is 2.38 bits per heavy atom. The van der Waals surface area contributed by atoms with Crippen molar-refractivity contribution >= 4 is 29.7 Å². The third-order valence-electron chi connectivity index (χ3n) is 1.37. The summed E-state index contributed by atoms with van der Waals surface area (Å²) in [7, 11) is 0. The third kappa shape index (κ3) is 2.83. The number of aldehydes is 1. The molecule has 0 radical (unpaired) electrons. The Balaban J connectivity index is 2.69. The van der Waals surface area contributed by atoms with Crippen LogP contribution in [0.5, 0.6) is 0 Å². The Morgan fingerprint density at radius 1 is 1.62 bits per heavy atom. The molecule has 68 valence electrons. The van der Waals surface area contributed by atoms with Crippen molar-refractivity contribution in [3.63, 3.8) is 0 Å². The molecule has 0 aromatic carbocycles. The summed E-state index contributed by atoms with van der Waals surface area (Å²) in [5.41, 5.74) is 0.823. The second kappa shape index (κ2) is 4.57. The van der Waals surface area contributed by atoms with E-state index < -0.39 is 5.97 Å². The Labute approximate surface area is 79.3 Å². The summed E-state index contributed by atoms with van der Waals surface area (Å²) in [5.74, 6) is -0.917. The summed E-state index contributed by atoms with van der Waals surface area (Å²) < 4.78 is 0. The van der Waals surface area contributed by atoms with Gasteiger partial charge in [0.2, 0.25) is 0 Å². The summed E-state index contributed by atoms with van der Waals surface area (Å²) in [6, 6.07) is 1.58. The number of carboxylic acids is 1. The average Bonchev–Trinajstić information content (AvgIpc) is 2.53. The van der Waals surface area contributed by atoms with Gasteiger partial charge in [-0.25, -0.2) is 4.79 Å². The van der Waals surface area contributed by atoms with Crippen LogP contribution in [0.4, 0.5) is 0 Å². The van der Waals surface area contributed by atoms with Gasteiger partial charge in [0.05, 0.1) is 0 Å². The molecule has 0 aliphatic carbocycles. The molecule has 1 heterocycles. The molecule has 0 saturated carbocycles. The second-order valence-electron chi connectivity index (χ2n) is 2.35. The number of allylic oxidation sites excluding steroid dienone is 1. The topological polar surface area (TPSA) is 54.4 Å². The molecule has 0 bridgehead atoms. The highest BCUT2D eigenvalue weighted by molar-refractivity contribution is 7.12. The second-order valence-corrected chi connectivity index (χ2v) is 3.27. The lowest BCUT2D eigenvalue weighted by molar-refractivity contribution is -0.107. The third-order valence-corrected chi connectivity index (χ3v) is 2.31. The fourth-order valence-electron chi connectivity index (χ4n) is 0.810. The van der Waals surface area contributed by atoms with Crippen molar-refractivity contribution in [3.05, 3.63) is 28.0 Å². The monoisotopic (exact) mass is 196 g/mol. The molecule has 13 heavy (non-hydrogen) atoms. The number of carbonyl (C=O) groups excluding carboxylic acids is 1. The molecule has 1 rings (SSSR count). The van der Waals surface area contributed by atoms with Crippen LogP contribution in [-0.4, -0.2) is 17.4 Å².